The Morgan fingerprint density at radius 2 is 0.931 bits per heavy atom. The number of rotatable bonds is 5. The molecule has 0 fully saturated rings. The molecular weight excluding hydrogens is 709 g/mol. The van der Waals surface area contributed by atoms with E-state index in [2.05, 4.69) is 180 Å². The highest BCUT2D eigenvalue weighted by atomic mass is 16.3. The van der Waals surface area contributed by atoms with Crippen molar-refractivity contribution >= 4 is 65.3 Å². The third kappa shape index (κ3) is 5.14. The van der Waals surface area contributed by atoms with Crippen LogP contribution in [0.4, 0.5) is 0 Å². The number of benzene rings is 9. The highest BCUT2D eigenvalue weighted by Crippen LogP contribution is 2.43. The molecule has 0 saturated carbocycles. The van der Waals surface area contributed by atoms with E-state index in [1.54, 1.807) is 0 Å². The second-order valence-electron chi connectivity index (χ2n) is 14.8. The molecule has 0 bridgehead atoms. The van der Waals surface area contributed by atoms with Gasteiger partial charge in [0.15, 0.2) is 23.1 Å². The molecule has 0 aliphatic rings. The van der Waals surface area contributed by atoms with Crippen LogP contribution in [0, 0.1) is 0 Å². The molecule has 0 amide bonds. The molecule has 5 nitrogen and oxygen atoms in total. The molecule has 9 aromatic carbocycles. The van der Waals surface area contributed by atoms with Gasteiger partial charge >= 0.3 is 0 Å². The van der Waals surface area contributed by atoms with Crippen molar-refractivity contribution in [1.29, 1.82) is 0 Å². The molecule has 0 N–H and O–H groups in total. The summed E-state index contributed by atoms with van der Waals surface area (Å²) in [6.45, 7) is 0. The van der Waals surface area contributed by atoms with E-state index in [4.69, 9.17) is 19.4 Å². The zero-order chi connectivity index (χ0) is 38.2. The number of hydrogen-bond donors (Lipinski definition) is 0. The first-order valence-corrected chi connectivity index (χ1v) is 19.5. The van der Waals surface area contributed by atoms with Gasteiger partial charge in [0.05, 0.1) is 11.0 Å². The lowest BCUT2D eigenvalue weighted by Gasteiger charge is -2.15. The van der Waals surface area contributed by atoms with Crippen LogP contribution in [0.3, 0.4) is 0 Å². The maximum Gasteiger partial charge on any atom is 0.166 e. The maximum atomic E-state index is 6.90. The number of nitrogens with zero attached hydrogens (tertiary/aromatic N) is 4. The molecular formula is C53H32N4O. The number of fused-ring (bicyclic) bond motifs is 8. The minimum absolute atomic E-state index is 0.560. The summed E-state index contributed by atoms with van der Waals surface area (Å²) >= 11 is 0. The largest absolute Gasteiger partial charge is 0.454 e. The van der Waals surface area contributed by atoms with Crippen molar-refractivity contribution in [2.24, 2.45) is 0 Å². The van der Waals surface area contributed by atoms with Crippen molar-refractivity contribution in [1.82, 2.24) is 19.5 Å². The highest BCUT2D eigenvalue weighted by Gasteiger charge is 2.24. The number of para-hydroxylation sites is 2. The Hall–Kier alpha value is -7.89. The average molecular weight is 741 g/mol. The molecule has 5 heteroatoms. The molecule has 0 saturated heterocycles. The van der Waals surface area contributed by atoms with Gasteiger partial charge in [0, 0.05) is 38.2 Å². The second kappa shape index (κ2) is 12.8. The first kappa shape index (κ1) is 32.4. The van der Waals surface area contributed by atoms with Crippen molar-refractivity contribution in [2.75, 3.05) is 0 Å². The topological polar surface area (TPSA) is 56.7 Å². The lowest BCUT2D eigenvalue weighted by atomic mass is 10.0. The fraction of sp³-hybridized carbons (Fsp3) is 0. The standard InChI is InChI=1S/C53H32N4O/c1-2-12-33(13-3-1)35-22-25-36(26-23-35)51-54-52(40-27-24-34-14-4-5-15-37(34)30-40)56-53(55-51)44-29-28-43-42-19-9-11-21-48(42)58-50(43)49(44)57-46-20-10-8-18-41(46)45-31-38-16-6-7-17-39(38)32-47(45)57/h1-32H. The number of hydrogen-bond acceptors (Lipinski definition) is 4. The normalized spacial score (nSPS) is 11.8. The summed E-state index contributed by atoms with van der Waals surface area (Å²) in [4.78, 5) is 15.8. The van der Waals surface area contributed by atoms with Crippen molar-refractivity contribution < 1.29 is 4.42 Å². The third-order valence-corrected chi connectivity index (χ3v) is 11.4. The van der Waals surface area contributed by atoms with Gasteiger partial charge in [-0.3, -0.25) is 0 Å². The quantitative estimate of drug-likeness (QED) is 0.176. The van der Waals surface area contributed by atoms with Crippen molar-refractivity contribution in [3.8, 4) is 51.0 Å². The molecule has 12 aromatic rings. The van der Waals surface area contributed by atoms with Crippen LogP contribution in [0.1, 0.15) is 0 Å². The van der Waals surface area contributed by atoms with Gasteiger partial charge in [0.1, 0.15) is 11.3 Å². The van der Waals surface area contributed by atoms with Gasteiger partial charge in [-0.2, -0.15) is 0 Å². The molecule has 0 spiro atoms. The van der Waals surface area contributed by atoms with E-state index in [-0.39, 0.29) is 0 Å². The monoisotopic (exact) mass is 740 g/mol. The fourth-order valence-corrected chi connectivity index (χ4v) is 8.60. The van der Waals surface area contributed by atoms with Gasteiger partial charge in [0.2, 0.25) is 0 Å². The summed E-state index contributed by atoms with van der Waals surface area (Å²) < 4.78 is 9.25. The van der Waals surface area contributed by atoms with Crippen LogP contribution in [-0.2, 0) is 0 Å². The SMILES string of the molecule is c1ccc(-c2ccc(-c3nc(-c4ccc5ccccc5c4)nc(-c4ccc5c(oc6ccccc65)c4-n4c5ccccc5c5cc6ccccc6cc54)n3)cc2)cc1. The van der Waals surface area contributed by atoms with Gasteiger partial charge in [-0.05, 0) is 75.1 Å². The molecule has 3 aromatic heterocycles. The lowest BCUT2D eigenvalue weighted by molar-refractivity contribution is 0.666. The minimum Gasteiger partial charge on any atom is -0.454 e. The summed E-state index contributed by atoms with van der Waals surface area (Å²) in [7, 11) is 0. The average Bonchev–Trinajstić information content (AvgIpc) is 3.83. The van der Waals surface area contributed by atoms with E-state index < -0.39 is 0 Å². The molecule has 0 atom stereocenters. The van der Waals surface area contributed by atoms with Gasteiger partial charge in [0.25, 0.3) is 0 Å². The van der Waals surface area contributed by atoms with E-state index in [0.29, 0.717) is 17.5 Å². The Kier molecular flexibility index (Phi) is 7.16. The first-order chi connectivity index (χ1) is 28.7. The predicted octanol–water partition coefficient (Wildman–Crippen LogP) is 13.8. The smallest absolute Gasteiger partial charge is 0.166 e. The number of furan rings is 1. The summed E-state index contributed by atoms with van der Waals surface area (Å²) in [6.07, 6.45) is 0. The van der Waals surface area contributed by atoms with Crippen LogP contribution in [0.5, 0.6) is 0 Å². The second-order valence-corrected chi connectivity index (χ2v) is 14.8. The van der Waals surface area contributed by atoms with Crippen LogP contribution >= 0.6 is 0 Å². The molecule has 3 heterocycles. The Balaban J connectivity index is 1.17. The van der Waals surface area contributed by atoms with Crippen LogP contribution in [0.2, 0.25) is 0 Å². The fourth-order valence-electron chi connectivity index (χ4n) is 8.60. The zero-order valence-corrected chi connectivity index (χ0v) is 31.2. The highest BCUT2D eigenvalue weighted by molar-refractivity contribution is 6.16. The van der Waals surface area contributed by atoms with E-state index in [1.807, 2.05) is 18.2 Å². The Bertz CT molecular complexity index is 3560. The van der Waals surface area contributed by atoms with Crippen molar-refractivity contribution in [2.45, 2.75) is 0 Å². The Labute approximate surface area is 333 Å². The molecule has 58 heavy (non-hydrogen) atoms. The molecule has 0 radical (unpaired) electrons. The Morgan fingerprint density at radius 3 is 1.74 bits per heavy atom. The minimum atomic E-state index is 0.560. The van der Waals surface area contributed by atoms with E-state index >= 15 is 0 Å². The molecule has 270 valence electrons. The summed E-state index contributed by atoms with van der Waals surface area (Å²) in [5, 5.41) is 9.06. The predicted molar refractivity (Wildman–Crippen MR) is 238 cm³/mol. The third-order valence-electron chi connectivity index (χ3n) is 11.4. The zero-order valence-electron chi connectivity index (χ0n) is 31.2. The molecule has 0 aliphatic heterocycles. The molecule has 0 unspecified atom stereocenters. The van der Waals surface area contributed by atoms with Gasteiger partial charge in [-0.15, -0.1) is 0 Å². The first-order valence-electron chi connectivity index (χ1n) is 19.5. The van der Waals surface area contributed by atoms with Gasteiger partial charge < -0.3 is 8.98 Å². The maximum absolute atomic E-state index is 6.90. The van der Waals surface area contributed by atoms with Gasteiger partial charge in [-0.1, -0.05) is 152 Å². The number of aromatic nitrogens is 4. The van der Waals surface area contributed by atoms with Crippen LogP contribution in [0.15, 0.2) is 199 Å². The van der Waals surface area contributed by atoms with Crippen LogP contribution in [0.25, 0.3) is 116 Å². The molecule has 12 rings (SSSR count). The van der Waals surface area contributed by atoms with E-state index in [9.17, 15) is 0 Å². The van der Waals surface area contributed by atoms with E-state index in [0.717, 1.165) is 88.0 Å². The summed E-state index contributed by atoms with van der Waals surface area (Å²) in [6, 6.07) is 68.0. The van der Waals surface area contributed by atoms with Gasteiger partial charge in [-0.25, -0.2) is 15.0 Å². The Morgan fingerprint density at radius 1 is 0.345 bits per heavy atom. The van der Waals surface area contributed by atoms with Crippen molar-refractivity contribution in [3.05, 3.63) is 194 Å². The summed E-state index contributed by atoms with van der Waals surface area (Å²) in [5.74, 6) is 1.75. The van der Waals surface area contributed by atoms with Crippen LogP contribution in [-0.4, -0.2) is 19.5 Å². The molecule has 0 aliphatic carbocycles. The summed E-state index contributed by atoms with van der Waals surface area (Å²) in [5.41, 5.74) is 9.58. The van der Waals surface area contributed by atoms with E-state index in [1.165, 1.54) is 10.8 Å². The van der Waals surface area contributed by atoms with Crippen molar-refractivity contribution in [3.63, 3.8) is 0 Å². The lowest BCUT2D eigenvalue weighted by Crippen LogP contribution is -2.04. The van der Waals surface area contributed by atoms with Crippen LogP contribution < -0.4 is 0 Å².